The maximum atomic E-state index is 13.3. The maximum absolute atomic E-state index is 13.3. The zero-order valence-electron chi connectivity index (χ0n) is 7.26. The molecule has 14 heavy (non-hydrogen) atoms. The summed E-state index contributed by atoms with van der Waals surface area (Å²) in [5, 5.41) is 0.288. The second kappa shape index (κ2) is 4.75. The molecule has 1 aromatic rings. The van der Waals surface area contributed by atoms with Crippen molar-refractivity contribution in [2.45, 2.75) is 4.83 Å². The van der Waals surface area contributed by atoms with Crippen LogP contribution in [-0.4, -0.2) is 13.1 Å². The molecule has 0 N–H and O–H groups in total. The number of ether oxygens (including phenoxy) is 1. The number of hydrogen-bond acceptors (Lipinski definition) is 2. The van der Waals surface area contributed by atoms with E-state index in [1.807, 2.05) is 0 Å². The molecular formula is C9H7BrClFO2. The van der Waals surface area contributed by atoms with Crippen molar-refractivity contribution in [1.29, 1.82) is 0 Å². The third-order valence-corrected chi connectivity index (χ3v) is 2.75. The molecule has 0 aliphatic rings. The number of rotatable bonds is 2. The van der Waals surface area contributed by atoms with Gasteiger partial charge in [-0.25, -0.2) is 4.39 Å². The molecule has 1 rings (SSSR count). The van der Waals surface area contributed by atoms with Gasteiger partial charge in [0.15, 0.2) is 0 Å². The number of halogens is 3. The molecule has 0 radical (unpaired) electrons. The van der Waals surface area contributed by atoms with E-state index >= 15 is 0 Å². The summed E-state index contributed by atoms with van der Waals surface area (Å²) < 4.78 is 17.7. The Morgan fingerprint density at radius 3 is 2.79 bits per heavy atom. The number of alkyl halides is 1. The molecule has 0 spiro atoms. The van der Waals surface area contributed by atoms with E-state index < -0.39 is 16.6 Å². The third-order valence-electron chi connectivity index (χ3n) is 1.64. The zero-order valence-corrected chi connectivity index (χ0v) is 9.60. The van der Waals surface area contributed by atoms with Crippen molar-refractivity contribution in [2.24, 2.45) is 0 Å². The lowest BCUT2D eigenvalue weighted by Gasteiger charge is -2.08. The Balaban J connectivity index is 3.01. The van der Waals surface area contributed by atoms with Crippen molar-refractivity contribution in [3.8, 4) is 0 Å². The first-order chi connectivity index (χ1) is 6.56. The van der Waals surface area contributed by atoms with E-state index in [2.05, 4.69) is 20.7 Å². The van der Waals surface area contributed by atoms with Crippen molar-refractivity contribution < 1.29 is 13.9 Å². The molecule has 1 unspecified atom stereocenters. The highest BCUT2D eigenvalue weighted by molar-refractivity contribution is 9.09. The standard InChI is InChI=1S/C9H7BrClFO2/c1-14-9(13)8(10)6-3-2-5(11)4-7(6)12/h2-4,8H,1H3. The van der Waals surface area contributed by atoms with Crippen LogP contribution in [0.5, 0.6) is 0 Å². The van der Waals surface area contributed by atoms with Crippen LogP contribution >= 0.6 is 27.5 Å². The molecule has 0 aliphatic carbocycles. The largest absolute Gasteiger partial charge is 0.468 e. The Labute approximate surface area is 94.1 Å². The van der Waals surface area contributed by atoms with E-state index in [-0.39, 0.29) is 10.6 Å². The van der Waals surface area contributed by atoms with Gasteiger partial charge in [0.1, 0.15) is 10.6 Å². The summed E-state index contributed by atoms with van der Waals surface area (Å²) >= 11 is 8.59. The summed E-state index contributed by atoms with van der Waals surface area (Å²) in [5.74, 6) is -1.09. The summed E-state index contributed by atoms with van der Waals surface area (Å²) in [6.45, 7) is 0. The second-order valence-electron chi connectivity index (χ2n) is 2.55. The van der Waals surface area contributed by atoms with Gasteiger partial charge in [-0.1, -0.05) is 33.6 Å². The number of benzene rings is 1. The molecule has 1 atom stereocenters. The predicted octanol–water partition coefficient (Wildman–Crippen LogP) is 3.09. The fourth-order valence-corrected chi connectivity index (χ4v) is 1.65. The molecule has 0 saturated heterocycles. The number of carbonyl (C=O) groups excluding carboxylic acids is 1. The Morgan fingerprint density at radius 1 is 1.64 bits per heavy atom. The Hall–Kier alpha value is -0.610. The van der Waals surface area contributed by atoms with E-state index in [1.54, 1.807) is 0 Å². The molecular weight excluding hydrogens is 274 g/mol. The second-order valence-corrected chi connectivity index (χ2v) is 3.90. The highest BCUT2D eigenvalue weighted by Crippen LogP contribution is 2.28. The van der Waals surface area contributed by atoms with Crippen molar-refractivity contribution in [3.05, 3.63) is 34.6 Å². The van der Waals surface area contributed by atoms with E-state index in [0.29, 0.717) is 0 Å². The van der Waals surface area contributed by atoms with Gasteiger partial charge in [0.2, 0.25) is 0 Å². The lowest BCUT2D eigenvalue weighted by atomic mass is 10.1. The van der Waals surface area contributed by atoms with Gasteiger partial charge < -0.3 is 4.74 Å². The smallest absolute Gasteiger partial charge is 0.324 e. The highest BCUT2D eigenvalue weighted by atomic mass is 79.9. The van der Waals surface area contributed by atoms with Gasteiger partial charge in [-0.15, -0.1) is 0 Å². The van der Waals surface area contributed by atoms with Crippen LogP contribution in [0.2, 0.25) is 5.02 Å². The molecule has 0 saturated carbocycles. The van der Waals surface area contributed by atoms with E-state index in [1.165, 1.54) is 19.2 Å². The van der Waals surface area contributed by atoms with E-state index in [4.69, 9.17) is 11.6 Å². The van der Waals surface area contributed by atoms with Gasteiger partial charge in [0.25, 0.3) is 0 Å². The maximum Gasteiger partial charge on any atom is 0.324 e. The summed E-state index contributed by atoms with van der Waals surface area (Å²) in [5.41, 5.74) is 0.209. The van der Waals surface area contributed by atoms with Crippen LogP contribution in [0.4, 0.5) is 4.39 Å². The average molecular weight is 282 g/mol. The molecule has 0 aromatic heterocycles. The molecule has 5 heteroatoms. The summed E-state index contributed by atoms with van der Waals surface area (Å²) in [7, 11) is 1.24. The topological polar surface area (TPSA) is 26.3 Å². The number of esters is 1. The minimum atomic E-state index is -0.801. The first-order valence-corrected chi connectivity index (χ1v) is 5.02. The fourth-order valence-electron chi connectivity index (χ4n) is 0.937. The van der Waals surface area contributed by atoms with Gasteiger partial charge in [-0.3, -0.25) is 4.79 Å². The van der Waals surface area contributed by atoms with E-state index in [9.17, 15) is 9.18 Å². The van der Waals surface area contributed by atoms with Gasteiger partial charge in [-0.2, -0.15) is 0 Å². The SMILES string of the molecule is COC(=O)C(Br)c1ccc(Cl)cc1F. The lowest BCUT2D eigenvalue weighted by Crippen LogP contribution is -2.09. The van der Waals surface area contributed by atoms with Gasteiger partial charge in [0, 0.05) is 10.6 Å². The quantitative estimate of drug-likeness (QED) is 0.615. The van der Waals surface area contributed by atoms with Gasteiger partial charge in [-0.05, 0) is 12.1 Å². The van der Waals surface area contributed by atoms with Crippen LogP contribution in [0.15, 0.2) is 18.2 Å². The molecule has 1 aromatic carbocycles. The van der Waals surface area contributed by atoms with Crippen LogP contribution in [0.3, 0.4) is 0 Å². The van der Waals surface area contributed by atoms with Crippen LogP contribution in [0.1, 0.15) is 10.4 Å². The molecule has 76 valence electrons. The highest BCUT2D eigenvalue weighted by Gasteiger charge is 2.21. The van der Waals surface area contributed by atoms with Gasteiger partial charge in [0.05, 0.1) is 7.11 Å². The number of carbonyl (C=O) groups is 1. The van der Waals surface area contributed by atoms with Crippen molar-refractivity contribution >= 4 is 33.5 Å². The monoisotopic (exact) mass is 280 g/mol. The van der Waals surface area contributed by atoms with E-state index in [0.717, 1.165) is 6.07 Å². The zero-order chi connectivity index (χ0) is 10.7. The minimum Gasteiger partial charge on any atom is -0.468 e. The normalized spacial score (nSPS) is 12.3. The summed E-state index contributed by atoms with van der Waals surface area (Å²) in [6, 6.07) is 4.10. The summed E-state index contributed by atoms with van der Waals surface area (Å²) in [4.78, 5) is 10.3. The van der Waals surface area contributed by atoms with Crippen molar-refractivity contribution in [1.82, 2.24) is 0 Å². The van der Waals surface area contributed by atoms with Crippen LogP contribution in [0, 0.1) is 5.82 Å². The fraction of sp³-hybridized carbons (Fsp3) is 0.222. The first kappa shape index (κ1) is 11.5. The van der Waals surface area contributed by atoms with Crippen molar-refractivity contribution in [2.75, 3.05) is 7.11 Å². The van der Waals surface area contributed by atoms with Crippen LogP contribution in [-0.2, 0) is 9.53 Å². The van der Waals surface area contributed by atoms with Crippen LogP contribution < -0.4 is 0 Å². The molecule has 2 nitrogen and oxygen atoms in total. The third kappa shape index (κ3) is 2.45. The first-order valence-electron chi connectivity index (χ1n) is 3.73. The predicted molar refractivity (Wildman–Crippen MR) is 55.1 cm³/mol. The number of methoxy groups -OCH3 is 1. The average Bonchev–Trinajstić information content (AvgIpc) is 2.15. The Bertz CT molecular complexity index is 357. The van der Waals surface area contributed by atoms with Crippen LogP contribution in [0.25, 0.3) is 0 Å². The van der Waals surface area contributed by atoms with Gasteiger partial charge >= 0.3 is 5.97 Å². The molecule has 0 amide bonds. The number of hydrogen-bond donors (Lipinski definition) is 0. The lowest BCUT2D eigenvalue weighted by molar-refractivity contribution is -0.139. The minimum absolute atomic E-state index is 0.209. The summed E-state index contributed by atoms with van der Waals surface area (Å²) in [6.07, 6.45) is 0. The van der Waals surface area contributed by atoms with Crippen molar-refractivity contribution in [3.63, 3.8) is 0 Å². The Morgan fingerprint density at radius 2 is 2.29 bits per heavy atom. The molecule has 0 fully saturated rings. The molecule has 0 bridgehead atoms. The molecule has 0 heterocycles. The Kier molecular flexibility index (Phi) is 3.89. The molecule has 0 aliphatic heterocycles.